The van der Waals surface area contributed by atoms with Gasteiger partial charge in [0.2, 0.25) is 15.9 Å². The number of primary sulfonamides is 1. The predicted octanol–water partition coefficient (Wildman–Crippen LogP) is 1.20. The number of thiophene rings is 1. The zero-order valence-corrected chi connectivity index (χ0v) is 12.5. The van der Waals surface area contributed by atoms with Gasteiger partial charge in [0.05, 0.1) is 6.42 Å². The van der Waals surface area contributed by atoms with Crippen LogP contribution in [0.4, 0.5) is 0 Å². The van der Waals surface area contributed by atoms with Crippen LogP contribution in [-0.2, 0) is 21.2 Å². The molecule has 1 aromatic heterocycles. The summed E-state index contributed by atoms with van der Waals surface area (Å²) >= 11 is 1.06. The number of hydrogen-bond acceptors (Lipinski definition) is 4. The highest BCUT2D eigenvalue weighted by Gasteiger charge is 2.22. The number of carbonyl (C=O) groups is 1. The second-order valence-corrected chi connectivity index (χ2v) is 7.97. The number of nitrogens with zero attached hydrogens (tertiary/aromatic N) is 1. The summed E-state index contributed by atoms with van der Waals surface area (Å²) in [4.78, 5) is 14.5. The minimum Gasteiger partial charge on any atom is -0.345 e. The maximum Gasteiger partial charge on any atom is 0.247 e. The van der Waals surface area contributed by atoms with Crippen LogP contribution in [0.2, 0.25) is 0 Å². The van der Waals surface area contributed by atoms with Crippen molar-refractivity contribution in [3.63, 3.8) is 0 Å². The largest absolute Gasteiger partial charge is 0.345 e. The summed E-state index contributed by atoms with van der Waals surface area (Å²) in [5, 5.41) is 5.04. The normalized spacial score (nSPS) is 16.1. The Morgan fingerprint density at radius 3 is 2.63 bits per heavy atom. The molecule has 1 heterocycles. The summed E-state index contributed by atoms with van der Waals surface area (Å²) in [6, 6.07) is 3.11. The number of carbonyl (C=O) groups excluding carboxylic acids is 1. The van der Waals surface area contributed by atoms with E-state index in [1.807, 2.05) is 0 Å². The van der Waals surface area contributed by atoms with Crippen LogP contribution in [0.25, 0.3) is 0 Å². The Morgan fingerprint density at radius 2 is 2.16 bits per heavy atom. The molecule has 2 N–H and O–H groups in total. The molecule has 0 bridgehead atoms. The monoisotopic (exact) mass is 302 g/mol. The quantitative estimate of drug-likeness (QED) is 0.887. The van der Waals surface area contributed by atoms with Crippen molar-refractivity contribution in [3.8, 4) is 0 Å². The molecule has 0 unspecified atom stereocenters. The van der Waals surface area contributed by atoms with E-state index in [4.69, 9.17) is 5.14 Å². The average Bonchev–Trinajstić information content (AvgIpc) is 2.71. The number of hydrogen-bond donors (Lipinski definition) is 1. The van der Waals surface area contributed by atoms with E-state index in [-0.39, 0.29) is 16.5 Å². The standard InChI is InChI=1S/C12H18N2O3S2/c1-14(8-9-3-2-4-9)11(15)7-10-5-6-12(18-10)19(13,16)17/h5-6,9H,2-4,7-8H2,1H3,(H2,13,16,17). The Balaban J connectivity index is 1.92. The van der Waals surface area contributed by atoms with E-state index in [1.165, 1.54) is 25.3 Å². The van der Waals surface area contributed by atoms with Crippen LogP contribution in [0.5, 0.6) is 0 Å². The maximum absolute atomic E-state index is 12.0. The predicted molar refractivity (Wildman–Crippen MR) is 74.4 cm³/mol. The first-order chi connectivity index (χ1) is 8.86. The minimum atomic E-state index is -3.66. The molecular weight excluding hydrogens is 284 g/mol. The van der Waals surface area contributed by atoms with Crippen molar-refractivity contribution >= 4 is 27.3 Å². The summed E-state index contributed by atoms with van der Waals surface area (Å²) < 4.78 is 22.4. The smallest absolute Gasteiger partial charge is 0.247 e. The molecule has 19 heavy (non-hydrogen) atoms. The highest BCUT2D eigenvalue weighted by molar-refractivity contribution is 7.91. The summed E-state index contributed by atoms with van der Waals surface area (Å²) in [6.45, 7) is 0.798. The van der Waals surface area contributed by atoms with Crippen molar-refractivity contribution in [1.82, 2.24) is 4.90 Å². The SMILES string of the molecule is CN(CC1CCC1)C(=O)Cc1ccc(S(N)(=O)=O)s1. The van der Waals surface area contributed by atoms with Crippen LogP contribution >= 0.6 is 11.3 Å². The third kappa shape index (κ3) is 3.77. The fourth-order valence-corrected chi connectivity index (χ4v) is 3.82. The van der Waals surface area contributed by atoms with Crippen molar-refractivity contribution in [2.24, 2.45) is 11.1 Å². The van der Waals surface area contributed by atoms with Crippen molar-refractivity contribution in [2.75, 3.05) is 13.6 Å². The van der Waals surface area contributed by atoms with E-state index >= 15 is 0 Å². The van der Waals surface area contributed by atoms with E-state index in [9.17, 15) is 13.2 Å². The van der Waals surface area contributed by atoms with Crippen LogP contribution in [0.1, 0.15) is 24.1 Å². The third-order valence-electron chi connectivity index (χ3n) is 3.43. The maximum atomic E-state index is 12.0. The molecule has 0 saturated heterocycles. The molecule has 106 valence electrons. The molecule has 0 aromatic carbocycles. The number of sulfonamides is 1. The molecule has 0 spiro atoms. The molecule has 0 atom stereocenters. The zero-order chi connectivity index (χ0) is 14.0. The Bertz CT molecular complexity index is 561. The fourth-order valence-electron chi connectivity index (χ4n) is 2.05. The van der Waals surface area contributed by atoms with Gasteiger partial charge in [-0.2, -0.15) is 0 Å². The Labute approximate surface area is 117 Å². The van der Waals surface area contributed by atoms with Gasteiger partial charge in [0, 0.05) is 18.5 Å². The van der Waals surface area contributed by atoms with E-state index in [1.54, 1.807) is 18.0 Å². The first kappa shape index (κ1) is 14.5. The first-order valence-electron chi connectivity index (χ1n) is 6.22. The van der Waals surface area contributed by atoms with Crippen LogP contribution in [0, 0.1) is 5.92 Å². The average molecular weight is 302 g/mol. The molecule has 2 rings (SSSR count). The Kier molecular flexibility index (Phi) is 4.27. The highest BCUT2D eigenvalue weighted by Crippen LogP contribution is 2.27. The van der Waals surface area contributed by atoms with Crippen LogP contribution < -0.4 is 5.14 Å². The lowest BCUT2D eigenvalue weighted by molar-refractivity contribution is -0.130. The van der Waals surface area contributed by atoms with E-state index in [0.29, 0.717) is 5.92 Å². The van der Waals surface area contributed by atoms with Crippen LogP contribution in [0.15, 0.2) is 16.3 Å². The lowest BCUT2D eigenvalue weighted by atomic mass is 9.85. The van der Waals surface area contributed by atoms with Gasteiger partial charge in [0.25, 0.3) is 0 Å². The van der Waals surface area contributed by atoms with Gasteiger partial charge in [-0.05, 0) is 30.9 Å². The number of nitrogens with two attached hydrogens (primary N) is 1. The summed E-state index contributed by atoms with van der Waals surface area (Å²) in [5.41, 5.74) is 0. The second kappa shape index (κ2) is 5.60. The van der Waals surface area contributed by atoms with Crippen LogP contribution in [-0.4, -0.2) is 32.8 Å². The zero-order valence-electron chi connectivity index (χ0n) is 10.8. The van der Waals surface area contributed by atoms with Gasteiger partial charge in [0.1, 0.15) is 4.21 Å². The molecule has 7 heteroatoms. The first-order valence-corrected chi connectivity index (χ1v) is 8.58. The topological polar surface area (TPSA) is 80.5 Å². The van der Waals surface area contributed by atoms with Crippen LogP contribution in [0.3, 0.4) is 0 Å². The molecular formula is C12H18N2O3S2. The van der Waals surface area contributed by atoms with Crippen molar-refractivity contribution in [2.45, 2.75) is 29.9 Å². The number of likely N-dealkylation sites (N-methyl/N-ethyl adjacent to an activating group) is 1. The van der Waals surface area contributed by atoms with Crippen molar-refractivity contribution < 1.29 is 13.2 Å². The molecule has 0 radical (unpaired) electrons. The molecule has 1 amide bonds. The molecule has 1 saturated carbocycles. The van der Waals surface area contributed by atoms with E-state index in [2.05, 4.69) is 0 Å². The van der Waals surface area contributed by atoms with Gasteiger partial charge < -0.3 is 4.90 Å². The van der Waals surface area contributed by atoms with E-state index < -0.39 is 10.0 Å². The summed E-state index contributed by atoms with van der Waals surface area (Å²) in [5.74, 6) is 0.659. The molecule has 5 nitrogen and oxygen atoms in total. The lowest BCUT2D eigenvalue weighted by Gasteiger charge is -2.30. The van der Waals surface area contributed by atoms with Crippen molar-refractivity contribution in [3.05, 3.63) is 17.0 Å². The van der Waals surface area contributed by atoms with Gasteiger partial charge in [0.15, 0.2) is 0 Å². The second-order valence-electron chi connectivity index (χ2n) is 5.01. The number of amides is 1. The Morgan fingerprint density at radius 1 is 1.47 bits per heavy atom. The minimum absolute atomic E-state index is 0.0229. The van der Waals surface area contributed by atoms with E-state index in [0.717, 1.165) is 22.8 Å². The highest BCUT2D eigenvalue weighted by atomic mass is 32.2. The molecule has 1 aromatic rings. The van der Waals surface area contributed by atoms with Gasteiger partial charge in [-0.1, -0.05) is 6.42 Å². The Hall–Kier alpha value is -0.920. The third-order valence-corrected chi connectivity index (χ3v) is 5.95. The summed E-state index contributed by atoms with van der Waals surface area (Å²) in [6.07, 6.45) is 3.90. The van der Waals surface area contributed by atoms with Gasteiger partial charge in [-0.3, -0.25) is 4.79 Å². The lowest BCUT2D eigenvalue weighted by Crippen LogP contribution is -2.35. The fraction of sp³-hybridized carbons (Fsp3) is 0.583. The molecule has 1 aliphatic carbocycles. The summed E-state index contributed by atoms with van der Waals surface area (Å²) in [7, 11) is -1.86. The van der Waals surface area contributed by atoms with Gasteiger partial charge >= 0.3 is 0 Å². The van der Waals surface area contributed by atoms with Crippen molar-refractivity contribution in [1.29, 1.82) is 0 Å². The van der Waals surface area contributed by atoms with Gasteiger partial charge in [-0.15, -0.1) is 11.3 Å². The molecule has 0 aliphatic heterocycles. The number of rotatable bonds is 5. The van der Waals surface area contributed by atoms with Gasteiger partial charge in [-0.25, -0.2) is 13.6 Å². The molecule has 1 aliphatic rings. The molecule has 1 fully saturated rings.